The smallest absolute Gasteiger partial charge is 0.264 e. The molecular weight excluding hydrogens is 324 g/mol. The highest BCUT2D eigenvalue weighted by atomic mass is 32.2. The van der Waals surface area contributed by atoms with Crippen molar-refractivity contribution in [2.45, 2.75) is 0 Å². The molecule has 24 heavy (non-hydrogen) atoms. The van der Waals surface area contributed by atoms with E-state index in [0.29, 0.717) is 21.6 Å². The Bertz CT molecular complexity index is 816. The van der Waals surface area contributed by atoms with Gasteiger partial charge < -0.3 is 14.8 Å². The number of carbonyl (C=O) groups is 1. The number of ether oxygens (including phenoxy) is 2. The number of carbonyl (C=O) groups excluding carboxylic acids is 1. The van der Waals surface area contributed by atoms with Crippen LogP contribution in [-0.2, 0) is 4.79 Å². The van der Waals surface area contributed by atoms with Gasteiger partial charge in [-0.2, -0.15) is 0 Å². The van der Waals surface area contributed by atoms with E-state index in [1.807, 2.05) is 48.5 Å². The summed E-state index contributed by atoms with van der Waals surface area (Å²) in [6, 6.07) is 14.9. The van der Waals surface area contributed by atoms with Crippen LogP contribution in [-0.4, -0.2) is 25.3 Å². The van der Waals surface area contributed by atoms with Gasteiger partial charge in [-0.25, -0.2) is 4.99 Å². The van der Waals surface area contributed by atoms with E-state index in [1.165, 1.54) is 11.8 Å². The lowest BCUT2D eigenvalue weighted by atomic mass is 10.1. The van der Waals surface area contributed by atoms with E-state index in [2.05, 4.69) is 10.3 Å². The molecule has 3 rings (SSSR count). The third-order valence-corrected chi connectivity index (χ3v) is 4.27. The minimum Gasteiger partial charge on any atom is -0.497 e. The van der Waals surface area contributed by atoms with Crippen LogP contribution in [0.3, 0.4) is 0 Å². The first kappa shape index (κ1) is 16.1. The van der Waals surface area contributed by atoms with Crippen LogP contribution in [0.25, 0.3) is 6.08 Å². The number of methoxy groups -OCH3 is 2. The zero-order valence-corrected chi connectivity index (χ0v) is 14.1. The van der Waals surface area contributed by atoms with Gasteiger partial charge >= 0.3 is 0 Å². The molecule has 1 amide bonds. The number of hydrogen-bond donors (Lipinski definition) is 1. The molecule has 0 spiro atoms. The van der Waals surface area contributed by atoms with Gasteiger partial charge in [0.15, 0.2) is 5.17 Å². The highest BCUT2D eigenvalue weighted by molar-refractivity contribution is 8.18. The molecule has 6 heteroatoms. The molecule has 122 valence electrons. The molecule has 2 aromatic carbocycles. The van der Waals surface area contributed by atoms with E-state index >= 15 is 0 Å². The van der Waals surface area contributed by atoms with Crippen molar-refractivity contribution in [2.75, 3.05) is 14.2 Å². The van der Waals surface area contributed by atoms with Crippen LogP contribution in [0.15, 0.2) is 58.4 Å². The summed E-state index contributed by atoms with van der Waals surface area (Å²) < 4.78 is 10.6. The summed E-state index contributed by atoms with van der Waals surface area (Å²) in [4.78, 5) is 17.2. The molecule has 1 N–H and O–H groups in total. The fraction of sp³-hybridized carbons (Fsp3) is 0.111. The summed E-state index contributed by atoms with van der Waals surface area (Å²) in [5.41, 5.74) is 1.57. The zero-order valence-electron chi connectivity index (χ0n) is 13.3. The summed E-state index contributed by atoms with van der Waals surface area (Å²) >= 11 is 1.30. The van der Waals surface area contributed by atoms with Crippen LogP contribution in [0, 0.1) is 0 Å². The Balaban J connectivity index is 1.89. The number of amides is 1. The molecule has 0 aliphatic carbocycles. The number of nitrogens with zero attached hydrogens (tertiary/aromatic N) is 1. The number of aliphatic imine (C=N–C) groups is 1. The molecule has 0 unspecified atom stereocenters. The zero-order chi connectivity index (χ0) is 16.9. The van der Waals surface area contributed by atoms with E-state index in [0.717, 1.165) is 11.3 Å². The van der Waals surface area contributed by atoms with Crippen molar-refractivity contribution in [3.8, 4) is 11.5 Å². The van der Waals surface area contributed by atoms with Crippen LogP contribution < -0.4 is 14.8 Å². The molecule has 0 aromatic heterocycles. The van der Waals surface area contributed by atoms with Gasteiger partial charge in [0.05, 0.1) is 24.8 Å². The quantitative estimate of drug-likeness (QED) is 0.864. The van der Waals surface area contributed by atoms with Crippen molar-refractivity contribution in [2.24, 2.45) is 4.99 Å². The lowest BCUT2D eigenvalue weighted by molar-refractivity contribution is -0.115. The third kappa shape index (κ3) is 3.60. The Labute approximate surface area is 144 Å². The molecule has 0 radical (unpaired) electrons. The van der Waals surface area contributed by atoms with E-state index in [4.69, 9.17) is 9.47 Å². The molecule has 2 aromatic rings. The first-order valence-electron chi connectivity index (χ1n) is 7.26. The third-order valence-electron chi connectivity index (χ3n) is 3.36. The maximum atomic E-state index is 12.2. The minimum atomic E-state index is -0.181. The van der Waals surface area contributed by atoms with Crippen molar-refractivity contribution < 1.29 is 14.3 Å². The minimum absolute atomic E-state index is 0.181. The van der Waals surface area contributed by atoms with Crippen LogP contribution in [0.4, 0.5) is 5.69 Å². The second-order valence-corrected chi connectivity index (χ2v) is 5.96. The van der Waals surface area contributed by atoms with E-state index < -0.39 is 0 Å². The predicted molar refractivity (Wildman–Crippen MR) is 96.8 cm³/mol. The van der Waals surface area contributed by atoms with Crippen molar-refractivity contribution in [1.29, 1.82) is 0 Å². The standard InChI is InChI=1S/C18H16N2O3S/c1-22-14-8-9-15(23-2)12(10-14)11-16-17(21)20-18(24-16)19-13-6-4-3-5-7-13/h3-11H,1-2H3,(H,19,20,21). The van der Waals surface area contributed by atoms with Crippen molar-refractivity contribution >= 4 is 34.6 Å². The summed E-state index contributed by atoms with van der Waals surface area (Å²) in [6.45, 7) is 0. The van der Waals surface area contributed by atoms with Gasteiger partial charge in [0.25, 0.3) is 5.91 Å². The average Bonchev–Trinajstić information content (AvgIpc) is 2.94. The maximum Gasteiger partial charge on any atom is 0.264 e. The van der Waals surface area contributed by atoms with Crippen LogP contribution in [0.5, 0.6) is 11.5 Å². The molecule has 0 atom stereocenters. The van der Waals surface area contributed by atoms with Crippen molar-refractivity contribution in [3.05, 3.63) is 59.0 Å². The Morgan fingerprint density at radius 3 is 2.58 bits per heavy atom. The van der Waals surface area contributed by atoms with Gasteiger partial charge in [-0.05, 0) is 48.2 Å². The van der Waals surface area contributed by atoms with Gasteiger partial charge in [-0.3, -0.25) is 4.79 Å². The molecule has 0 bridgehead atoms. The molecule has 1 heterocycles. The Morgan fingerprint density at radius 2 is 1.88 bits per heavy atom. The van der Waals surface area contributed by atoms with Gasteiger partial charge in [0.2, 0.25) is 0 Å². The first-order valence-corrected chi connectivity index (χ1v) is 8.08. The number of hydrogen-bond acceptors (Lipinski definition) is 5. The first-order chi connectivity index (χ1) is 11.7. The summed E-state index contributed by atoms with van der Waals surface area (Å²) in [5.74, 6) is 1.19. The Hall–Kier alpha value is -2.73. The number of amidine groups is 1. The largest absolute Gasteiger partial charge is 0.497 e. The van der Waals surface area contributed by atoms with Gasteiger partial charge in [-0.1, -0.05) is 18.2 Å². The maximum absolute atomic E-state index is 12.2. The molecule has 1 fully saturated rings. The average molecular weight is 340 g/mol. The number of nitrogens with one attached hydrogen (secondary N) is 1. The topological polar surface area (TPSA) is 59.9 Å². The normalized spacial score (nSPS) is 17.2. The fourth-order valence-corrected chi connectivity index (χ4v) is 3.03. The number of para-hydroxylation sites is 1. The van der Waals surface area contributed by atoms with E-state index in [1.54, 1.807) is 20.3 Å². The molecule has 1 saturated heterocycles. The monoisotopic (exact) mass is 340 g/mol. The lowest BCUT2D eigenvalue weighted by Gasteiger charge is -2.07. The molecular formula is C18H16N2O3S. The SMILES string of the molecule is COc1ccc(OC)c(C=C2SC(=Nc3ccccc3)NC2=O)c1. The highest BCUT2D eigenvalue weighted by Gasteiger charge is 2.24. The van der Waals surface area contributed by atoms with Crippen molar-refractivity contribution in [3.63, 3.8) is 0 Å². The number of rotatable bonds is 4. The second-order valence-electron chi connectivity index (χ2n) is 4.93. The van der Waals surface area contributed by atoms with E-state index in [9.17, 15) is 4.79 Å². The fourth-order valence-electron chi connectivity index (χ4n) is 2.19. The molecule has 0 saturated carbocycles. The van der Waals surface area contributed by atoms with Gasteiger partial charge in [0, 0.05) is 5.56 Å². The van der Waals surface area contributed by atoms with E-state index in [-0.39, 0.29) is 5.91 Å². The van der Waals surface area contributed by atoms with Gasteiger partial charge in [0.1, 0.15) is 11.5 Å². The van der Waals surface area contributed by atoms with Crippen LogP contribution in [0.1, 0.15) is 5.56 Å². The molecule has 5 nitrogen and oxygen atoms in total. The van der Waals surface area contributed by atoms with Gasteiger partial charge in [-0.15, -0.1) is 0 Å². The second kappa shape index (κ2) is 7.23. The molecule has 1 aliphatic heterocycles. The van der Waals surface area contributed by atoms with Crippen LogP contribution >= 0.6 is 11.8 Å². The summed E-state index contributed by atoms with van der Waals surface area (Å²) in [5, 5.41) is 3.33. The van der Waals surface area contributed by atoms with Crippen LogP contribution in [0.2, 0.25) is 0 Å². The summed E-state index contributed by atoms with van der Waals surface area (Å²) in [6.07, 6.45) is 1.77. The molecule has 1 aliphatic rings. The highest BCUT2D eigenvalue weighted by Crippen LogP contribution is 2.32. The Kier molecular flexibility index (Phi) is 4.86. The lowest BCUT2D eigenvalue weighted by Crippen LogP contribution is -2.19. The number of thioether (sulfide) groups is 1. The number of benzene rings is 2. The summed E-state index contributed by atoms with van der Waals surface area (Å²) in [7, 11) is 3.19. The van der Waals surface area contributed by atoms with Crippen molar-refractivity contribution in [1.82, 2.24) is 5.32 Å². The Morgan fingerprint density at radius 1 is 1.08 bits per heavy atom. The predicted octanol–water partition coefficient (Wildman–Crippen LogP) is 3.60.